The Morgan fingerprint density at radius 3 is 2.33 bits per heavy atom. The van der Waals surface area contributed by atoms with Gasteiger partial charge < -0.3 is 14.7 Å². The summed E-state index contributed by atoms with van der Waals surface area (Å²) in [6.07, 6.45) is -3.81. The summed E-state index contributed by atoms with van der Waals surface area (Å²) < 4.78 is 44.0. The number of benzene rings is 1. The normalized spacial score (nSPS) is 20.9. The zero-order valence-corrected chi connectivity index (χ0v) is 13.0. The highest BCUT2D eigenvalue weighted by molar-refractivity contribution is 5.80. The van der Waals surface area contributed by atoms with Gasteiger partial charge in [0.1, 0.15) is 5.75 Å². The van der Waals surface area contributed by atoms with Crippen LogP contribution in [0.5, 0.6) is 5.75 Å². The summed E-state index contributed by atoms with van der Waals surface area (Å²) in [6.45, 7) is 0.443. The molecule has 1 amide bonds. The highest BCUT2D eigenvalue weighted by Gasteiger charge is 2.53. The van der Waals surface area contributed by atoms with E-state index in [0.29, 0.717) is 5.75 Å². The van der Waals surface area contributed by atoms with Crippen molar-refractivity contribution in [3.63, 3.8) is 0 Å². The van der Waals surface area contributed by atoms with Crippen LogP contribution in [0.15, 0.2) is 24.3 Å². The number of likely N-dealkylation sites (tertiary alicyclic amines) is 1. The fourth-order valence-electron chi connectivity index (χ4n) is 2.65. The van der Waals surface area contributed by atoms with E-state index >= 15 is 0 Å². The average Bonchev–Trinajstić information content (AvgIpc) is 2.99. The number of carboxylic acids is 1. The predicted molar refractivity (Wildman–Crippen MR) is 78.6 cm³/mol. The highest BCUT2D eigenvalue weighted by atomic mass is 19.4. The van der Waals surface area contributed by atoms with E-state index in [1.807, 2.05) is 19.1 Å². The number of ether oxygens (including phenoxy) is 1. The van der Waals surface area contributed by atoms with Crippen molar-refractivity contribution in [3.8, 4) is 5.75 Å². The molecule has 2 atom stereocenters. The van der Waals surface area contributed by atoms with Crippen molar-refractivity contribution in [2.45, 2.75) is 19.5 Å². The van der Waals surface area contributed by atoms with Gasteiger partial charge in [0.2, 0.25) is 0 Å². The van der Waals surface area contributed by atoms with Gasteiger partial charge in [-0.3, -0.25) is 9.59 Å². The molecule has 1 saturated heterocycles. The molecular formula is C16H18F3NO4. The maximum Gasteiger partial charge on any atom is 0.394 e. The minimum atomic E-state index is -4.66. The second kappa shape index (κ2) is 7.11. The summed E-state index contributed by atoms with van der Waals surface area (Å²) in [5.41, 5.74) is 1.09. The summed E-state index contributed by atoms with van der Waals surface area (Å²) in [4.78, 5) is 23.9. The molecule has 0 saturated carbocycles. The SMILES string of the molecule is CCc1ccc(OCC(=O)N2C[C@@H](C(F)(F)F)[C@H](C(=O)O)C2)cc1. The molecule has 0 bridgehead atoms. The smallest absolute Gasteiger partial charge is 0.394 e. The topological polar surface area (TPSA) is 66.8 Å². The molecule has 1 aliphatic heterocycles. The lowest BCUT2D eigenvalue weighted by Gasteiger charge is -2.18. The predicted octanol–water partition coefficient (Wildman–Crippen LogP) is 2.35. The molecule has 0 aromatic heterocycles. The van der Waals surface area contributed by atoms with Gasteiger partial charge >= 0.3 is 12.1 Å². The van der Waals surface area contributed by atoms with Crippen molar-refractivity contribution in [1.29, 1.82) is 0 Å². The molecule has 1 aliphatic rings. The number of aliphatic carboxylic acids is 1. The lowest BCUT2D eigenvalue weighted by molar-refractivity contribution is -0.188. The van der Waals surface area contributed by atoms with Gasteiger partial charge in [0.25, 0.3) is 5.91 Å². The van der Waals surface area contributed by atoms with E-state index in [9.17, 15) is 22.8 Å². The quantitative estimate of drug-likeness (QED) is 0.890. The van der Waals surface area contributed by atoms with E-state index in [1.54, 1.807) is 12.1 Å². The lowest BCUT2D eigenvalue weighted by Crippen LogP contribution is -2.35. The first-order chi connectivity index (χ1) is 11.2. The van der Waals surface area contributed by atoms with Crippen LogP contribution in [-0.2, 0) is 16.0 Å². The van der Waals surface area contributed by atoms with E-state index in [4.69, 9.17) is 9.84 Å². The molecule has 1 heterocycles. The van der Waals surface area contributed by atoms with Gasteiger partial charge in [-0.25, -0.2) is 0 Å². The lowest BCUT2D eigenvalue weighted by atomic mass is 9.96. The van der Waals surface area contributed by atoms with Gasteiger partial charge in [-0.2, -0.15) is 13.2 Å². The van der Waals surface area contributed by atoms with Crippen LogP contribution in [-0.4, -0.2) is 47.8 Å². The molecule has 1 N–H and O–H groups in total. The minimum absolute atomic E-state index is 0.428. The molecule has 0 aliphatic carbocycles. The van der Waals surface area contributed by atoms with Crippen molar-refractivity contribution in [2.75, 3.05) is 19.7 Å². The number of hydrogen-bond acceptors (Lipinski definition) is 3. The summed E-state index contributed by atoms with van der Waals surface area (Å²) in [5, 5.41) is 8.93. The molecule has 132 valence electrons. The van der Waals surface area contributed by atoms with Crippen LogP contribution < -0.4 is 4.74 Å². The van der Waals surface area contributed by atoms with Gasteiger partial charge in [-0.05, 0) is 24.1 Å². The third-order valence-electron chi connectivity index (χ3n) is 4.10. The molecule has 0 radical (unpaired) electrons. The van der Waals surface area contributed by atoms with Crippen LogP contribution in [0.1, 0.15) is 12.5 Å². The highest BCUT2D eigenvalue weighted by Crippen LogP contribution is 2.37. The molecule has 0 spiro atoms. The number of rotatable bonds is 5. The van der Waals surface area contributed by atoms with Gasteiger partial charge in [0.15, 0.2) is 6.61 Å². The Balaban J connectivity index is 1.96. The maximum atomic E-state index is 12.9. The number of aryl methyl sites for hydroxylation is 1. The Labute approximate surface area is 137 Å². The number of carbonyl (C=O) groups excluding carboxylic acids is 1. The Hall–Kier alpha value is -2.25. The second-order valence-electron chi connectivity index (χ2n) is 5.68. The molecule has 1 aromatic rings. The molecule has 1 fully saturated rings. The first kappa shape index (κ1) is 18.1. The van der Waals surface area contributed by atoms with E-state index in [-0.39, 0.29) is 0 Å². The molecular weight excluding hydrogens is 327 g/mol. The first-order valence-corrected chi connectivity index (χ1v) is 7.51. The van der Waals surface area contributed by atoms with E-state index < -0.39 is 49.6 Å². The standard InChI is InChI=1S/C16H18F3NO4/c1-2-10-3-5-11(6-4-10)24-9-14(21)20-7-12(15(22)23)13(8-20)16(17,18)19/h3-6,12-13H,2,7-9H2,1H3,(H,22,23)/t12-,13-/m1/s1. The summed E-state index contributed by atoms with van der Waals surface area (Å²) in [7, 11) is 0. The fraction of sp³-hybridized carbons (Fsp3) is 0.500. The summed E-state index contributed by atoms with van der Waals surface area (Å²) >= 11 is 0. The number of alkyl halides is 3. The molecule has 2 rings (SSSR count). The van der Waals surface area contributed by atoms with Gasteiger partial charge in [-0.15, -0.1) is 0 Å². The minimum Gasteiger partial charge on any atom is -0.484 e. The third-order valence-corrected chi connectivity index (χ3v) is 4.10. The van der Waals surface area contributed by atoms with Crippen molar-refractivity contribution in [1.82, 2.24) is 4.90 Å². The Bertz CT molecular complexity index is 600. The fourth-order valence-corrected chi connectivity index (χ4v) is 2.65. The monoisotopic (exact) mass is 345 g/mol. The average molecular weight is 345 g/mol. The zero-order valence-electron chi connectivity index (χ0n) is 13.0. The first-order valence-electron chi connectivity index (χ1n) is 7.51. The van der Waals surface area contributed by atoms with Crippen molar-refractivity contribution >= 4 is 11.9 Å². The Morgan fingerprint density at radius 1 is 1.25 bits per heavy atom. The number of carboxylic acid groups (broad SMARTS) is 1. The van der Waals surface area contributed by atoms with Crippen LogP contribution in [0.4, 0.5) is 13.2 Å². The number of hydrogen-bond donors (Lipinski definition) is 1. The number of amides is 1. The van der Waals surface area contributed by atoms with Gasteiger partial charge in [0, 0.05) is 13.1 Å². The maximum absolute atomic E-state index is 12.9. The van der Waals surface area contributed by atoms with Gasteiger partial charge in [0.05, 0.1) is 11.8 Å². The third kappa shape index (κ3) is 4.18. The van der Waals surface area contributed by atoms with Crippen LogP contribution in [0.25, 0.3) is 0 Å². The molecule has 8 heteroatoms. The van der Waals surface area contributed by atoms with Crippen molar-refractivity contribution in [3.05, 3.63) is 29.8 Å². The number of nitrogens with zero attached hydrogens (tertiary/aromatic N) is 1. The van der Waals surface area contributed by atoms with Crippen LogP contribution in [0.3, 0.4) is 0 Å². The van der Waals surface area contributed by atoms with Crippen LogP contribution in [0.2, 0.25) is 0 Å². The molecule has 1 aromatic carbocycles. The molecule has 24 heavy (non-hydrogen) atoms. The van der Waals surface area contributed by atoms with E-state index in [2.05, 4.69) is 0 Å². The second-order valence-corrected chi connectivity index (χ2v) is 5.68. The number of carbonyl (C=O) groups is 2. The van der Waals surface area contributed by atoms with Crippen molar-refractivity contribution in [2.24, 2.45) is 11.8 Å². The zero-order chi connectivity index (χ0) is 17.9. The number of halogens is 3. The van der Waals surface area contributed by atoms with E-state index in [0.717, 1.165) is 16.9 Å². The molecule has 5 nitrogen and oxygen atoms in total. The Kier molecular flexibility index (Phi) is 5.36. The van der Waals surface area contributed by atoms with Crippen molar-refractivity contribution < 1.29 is 32.6 Å². The summed E-state index contributed by atoms with van der Waals surface area (Å²) in [6, 6.07) is 7.01. The summed E-state index contributed by atoms with van der Waals surface area (Å²) in [5.74, 6) is -5.47. The van der Waals surface area contributed by atoms with Gasteiger partial charge in [-0.1, -0.05) is 19.1 Å². The molecule has 0 unspecified atom stereocenters. The van der Waals surface area contributed by atoms with Crippen LogP contribution in [0, 0.1) is 11.8 Å². The largest absolute Gasteiger partial charge is 0.484 e. The Morgan fingerprint density at radius 2 is 1.88 bits per heavy atom. The van der Waals surface area contributed by atoms with E-state index in [1.165, 1.54) is 0 Å². The van der Waals surface area contributed by atoms with Crippen LogP contribution >= 0.6 is 0 Å².